The first-order chi connectivity index (χ1) is 4.45. The minimum Gasteiger partial charge on any atom is -0.399 e. The fourth-order valence-electron chi connectivity index (χ4n) is 0.389. The van der Waals surface area contributed by atoms with Crippen LogP contribution in [0.3, 0.4) is 0 Å². The van der Waals surface area contributed by atoms with E-state index in [4.69, 9.17) is 5.41 Å². The smallest absolute Gasteiger partial charge is 0.399 e. The van der Waals surface area contributed by atoms with Gasteiger partial charge < -0.3 is 10.1 Å². The molecule has 0 rings (SSSR count). The van der Waals surface area contributed by atoms with Crippen LogP contribution in [-0.4, -0.2) is 18.0 Å². The van der Waals surface area contributed by atoms with Gasteiger partial charge in [0.15, 0.2) is 6.40 Å². The number of alkyl carbamates (subject to hydrolysis) is 1. The SMILES string of the molecule is CC(C)(C)NC(=O)OC=N. The Hall–Kier alpha value is -1.06. The van der Waals surface area contributed by atoms with Crippen molar-refractivity contribution in [2.45, 2.75) is 26.3 Å². The van der Waals surface area contributed by atoms with E-state index in [9.17, 15) is 4.79 Å². The fraction of sp³-hybridized carbons (Fsp3) is 0.667. The lowest BCUT2D eigenvalue weighted by atomic mass is 10.1. The van der Waals surface area contributed by atoms with Gasteiger partial charge in [-0.05, 0) is 20.8 Å². The van der Waals surface area contributed by atoms with Crippen LogP contribution in [-0.2, 0) is 4.74 Å². The molecule has 0 atom stereocenters. The van der Waals surface area contributed by atoms with Gasteiger partial charge in [0.1, 0.15) is 0 Å². The van der Waals surface area contributed by atoms with Crippen LogP contribution in [0.5, 0.6) is 0 Å². The van der Waals surface area contributed by atoms with E-state index < -0.39 is 6.09 Å². The number of rotatable bonds is 1. The number of ether oxygens (including phenoxy) is 1. The van der Waals surface area contributed by atoms with Crippen molar-refractivity contribution < 1.29 is 9.53 Å². The number of hydrogen-bond donors (Lipinski definition) is 2. The van der Waals surface area contributed by atoms with Crippen molar-refractivity contribution in [2.24, 2.45) is 0 Å². The van der Waals surface area contributed by atoms with Gasteiger partial charge in [-0.2, -0.15) is 0 Å². The molecule has 0 aliphatic carbocycles. The van der Waals surface area contributed by atoms with Crippen LogP contribution < -0.4 is 5.32 Å². The zero-order valence-corrected chi connectivity index (χ0v) is 6.39. The second-order valence-electron chi connectivity index (χ2n) is 2.90. The summed E-state index contributed by atoms with van der Waals surface area (Å²) in [5, 5.41) is 8.94. The highest BCUT2D eigenvalue weighted by Gasteiger charge is 2.13. The van der Waals surface area contributed by atoms with Crippen molar-refractivity contribution in [3.63, 3.8) is 0 Å². The highest BCUT2D eigenvalue weighted by molar-refractivity contribution is 5.75. The number of hydrogen-bond acceptors (Lipinski definition) is 3. The van der Waals surface area contributed by atoms with Gasteiger partial charge in [-0.25, -0.2) is 4.79 Å². The normalized spacial score (nSPS) is 10.3. The average Bonchev–Trinajstić information content (AvgIpc) is 1.59. The molecule has 0 radical (unpaired) electrons. The monoisotopic (exact) mass is 144 g/mol. The molecule has 0 heterocycles. The largest absolute Gasteiger partial charge is 0.413 e. The number of nitrogens with one attached hydrogen (secondary N) is 2. The van der Waals surface area contributed by atoms with Crippen molar-refractivity contribution in [2.75, 3.05) is 0 Å². The molecule has 0 spiro atoms. The van der Waals surface area contributed by atoms with Gasteiger partial charge >= 0.3 is 6.09 Å². The zero-order valence-electron chi connectivity index (χ0n) is 6.39. The van der Waals surface area contributed by atoms with E-state index in [1.807, 2.05) is 20.8 Å². The van der Waals surface area contributed by atoms with Gasteiger partial charge in [0.2, 0.25) is 0 Å². The lowest BCUT2D eigenvalue weighted by Gasteiger charge is -2.18. The Balaban J connectivity index is 3.68. The van der Waals surface area contributed by atoms with E-state index in [-0.39, 0.29) is 5.54 Å². The summed E-state index contributed by atoms with van der Waals surface area (Å²) >= 11 is 0. The lowest BCUT2D eigenvalue weighted by Crippen LogP contribution is -2.40. The summed E-state index contributed by atoms with van der Waals surface area (Å²) in [6.07, 6.45) is 0.00338. The van der Waals surface area contributed by atoms with Gasteiger partial charge in [-0.1, -0.05) is 0 Å². The van der Waals surface area contributed by atoms with E-state index in [1.165, 1.54) is 0 Å². The molecule has 4 heteroatoms. The predicted molar refractivity (Wildman–Crippen MR) is 38.2 cm³/mol. The van der Waals surface area contributed by atoms with Crippen molar-refractivity contribution in [3.8, 4) is 0 Å². The lowest BCUT2D eigenvalue weighted by molar-refractivity contribution is 0.190. The van der Waals surface area contributed by atoms with Crippen molar-refractivity contribution >= 4 is 12.5 Å². The molecule has 10 heavy (non-hydrogen) atoms. The predicted octanol–water partition coefficient (Wildman–Crippen LogP) is 1.12. The Morgan fingerprint density at radius 1 is 1.60 bits per heavy atom. The average molecular weight is 144 g/mol. The van der Waals surface area contributed by atoms with Gasteiger partial charge in [-0.15, -0.1) is 0 Å². The van der Waals surface area contributed by atoms with Gasteiger partial charge in [0.25, 0.3) is 0 Å². The van der Waals surface area contributed by atoms with Crippen molar-refractivity contribution in [3.05, 3.63) is 0 Å². The minimum atomic E-state index is -0.595. The molecule has 0 aliphatic rings. The van der Waals surface area contributed by atoms with Crippen LogP contribution in [0.2, 0.25) is 0 Å². The summed E-state index contributed by atoms with van der Waals surface area (Å²) < 4.78 is 4.21. The van der Waals surface area contributed by atoms with Crippen LogP contribution >= 0.6 is 0 Å². The summed E-state index contributed by atoms with van der Waals surface area (Å²) in [4.78, 5) is 10.6. The molecule has 0 aliphatic heterocycles. The molecule has 2 N–H and O–H groups in total. The molecular formula is C6H12N2O2. The Labute approximate surface area is 60.1 Å². The Morgan fingerprint density at radius 2 is 2.10 bits per heavy atom. The quantitative estimate of drug-likeness (QED) is 0.428. The molecule has 0 bridgehead atoms. The summed E-state index contributed by atoms with van der Waals surface area (Å²) in [5.41, 5.74) is -0.305. The Morgan fingerprint density at radius 3 is 2.40 bits per heavy atom. The minimum absolute atomic E-state index is 0.305. The molecule has 1 amide bonds. The summed E-state index contributed by atoms with van der Waals surface area (Å²) in [5.74, 6) is 0. The second-order valence-corrected chi connectivity index (χ2v) is 2.90. The molecular weight excluding hydrogens is 132 g/mol. The molecule has 0 saturated carbocycles. The molecule has 0 aromatic rings. The van der Waals surface area contributed by atoms with Crippen LogP contribution in [0.4, 0.5) is 4.79 Å². The zero-order chi connectivity index (χ0) is 8.20. The fourth-order valence-corrected chi connectivity index (χ4v) is 0.389. The van der Waals surface area contributed by atoms with E-state index in [1.54, 1.807) is 0 Å². The first-order valence-corrected chi connectivity index (χ1v) is 2.93. The molecule has 0 aromatic heterocycles. The summed E-state index contributed by atoms with van der Waals surface area (Å²) in [7, 11) is 0. The van der Waals surface area contributed by atoms with E-state index in [0.717, 1.165) is 0 Å². The third-order valence-electron chi connectivity index (χ3n) is 0.643. The number of carbonyl (C=O) groups is 1. The Bertz CT molecular complexity index is 137. The summed E-state index contributed by atoms with van der Waals surface area (Å²) in [6, 6.07) is 0. The van der Waals surface area contributed by atoms with Gasteiger partial charge in [0.05, 0.1) is 0 Å². The first kappa shape index (κ1) is 8.94. The molecule has 0 unspecified atom stereocenters. The van der Waals surface area contributed by atoms with E-state index in [0.29, 0.717) is 6.40 Å². The molecule has 0 fully saturated rings. The highest BCUT2D eigenvalue weighted by atomic mass is 16.5. The molecule has 0 saturated heterocycles. The third-order valence-corrected chi connectivity index (χ3v) is 0.643. The third kappa shape index (κ3) is 5.08. The van der Waals surface area contributed by atoms with Gasteiger partial charge in [-0.3, -0.25) is 5.41 Å². The summed E-state index contributed by atoms with van der Waals surface area (Å²) in [6.45, 7) is 5.49. The maximum Gasteiger partial charge on any atom is 0.413 e. The van der Waals surface area contributed by atoms with Crippen LogP contribution in [0.1, 0.15) is 20.8 Å². The van der Waals surface area contributed by atoms with Crippen molar-refractivity contribution in [1.82, 2.24) is 5.32 Å². The van der Waals surface area contributed by atoms with Crippen LogP contribution in [0.25, 0.3) is 0 Å². The van der Waals surface area contributed by atoms with Crippen LogP contribution in [0, 0.1) is 5.41 Å². The number of amides is 1. The number of carbonyl (C=O) groups excluding carboxylic acids is 1. The topological polar surface area (TPSA) is 62.2 Å². The second kappa shape index (κ2) is 3.20. The molecule has 58 valence electrons. The first-order valence-electron chi connectivity index (χ1n) is 2.93. The maximum atomic E-state index is 10.6. The molecule has 4 nitrogen and oxygen atoms in total. The highest BCUT2D eigenvalue weighted by Crippen LogP contribution is 1.97. The van der Waals surface area contributed by atoms with Crippen LogP contribution in [0.15, 0.2) is 0 Å². The Kier molecular flexibility index (Phi) is 2.86. The van der Waals surface area contributed by atoms with Crippen molar-refractivity contribution in [1.29, 1.82) is 5.41 Å². The van der Waals surface area contributed by atoms with E-state index >= 15 is 0 Å². The standard InChI is InChI=1S/C6H12N2O2/c1-6(2,3)8-5(9)10-4-7/h4,7H,1-3H3,(H,8,9). The maximum absolute atomic E-state index is 10.6. The van der Waals surface area contributed by atoms with Gasteiger partial charge in [0, 0.05) is 5.54 Å². The molecule has 0 aromatic carbocycles. The van der Waals surface area contributed by atoms with E-state index in [2.05, 4.69) is 10.1 Å².